The van der Waals surface area contributed by atoms with Gasteiger partial charge in [0.05, 0.1) is 12.5 Å². The number of hydrogen-bond acceptors (Lipinski definition) is 6. The first-order valence-corrected chi connectivity index (χ1v) is 22.5. The largest absolute Gasteiger partial charge is 0.463 e. The fourth-order valence-electron chi connectivity index (χ4n) is 7.19. The first kappa shape index (κ1) is 47.4. The van der Waals surface area contributed by atoms with Gasteiger partial charge in [-0.3, -0.25) is 4.79 Å². The van der Waals surface area contributed by atoms with E-state index in [1.165, 1.54) is 128 Å². The first-order valence-electron chi connectivity index (χ1n) is 22.5. The molecule has 2 fully saturated rings. The van der Waals surface area contributed by atoms with Crippen LogP contribution in [-0.2, 0) is 23.7 Å². The maximum Gasteiger partial charge on any atom is 0.310 e. The molecule has 0 aromatic carbocycles. The minimum atomic E-state index is -0.261. The number of unbranched alkanes of at least 4 members (excludes halogenated alkanes) is 18. The smallest absolute Gasteiger partial charge is 0.310 e. The van der Waals surface area contributed by atoms with Crippen molar-refractivity contribution in [1.29, 1.82) is 0 Å². The van der Waals surface area contributed by atoms with Crippen LogP contribution in [0.25, 0.3) is 0 Å². The number of esters is 1. The van der Waals surface area contributed by atoms with Gasteiger partial charge in [0.25, 0.3) is 0 Å². The number of carbonyl (C=O) groups is 1. The maximum atomic E-state index is 12.7. The van der Waals surface area contributed by atoms with Gasteiger partial charge in [-0.2, -0.15) is 0 Å². The molecule has 0 amide bonds. The lowest BCUT2D eigenvalue weighted by Crippen LogP contribution is -2.39. The van der Waals surface area contributed by atoms with Gasteiger partial charge in [0.1, 0.15) is 24.9 Å². The summed E-state index contributed by atoms with van der Waals surface area (Å²) < 4.78 is 24.7. The Morgan fingerprint density at radius 2 is 1.09 bits per heavy atom. The molecule has 2 aliphatic heterocycles. The average Bonchev–Trinajstić information content (AvgIpc) is 3.78. The van der Waals surface area contributed by atoms with E-state index >= 15 is 0 Å². The Hall–Kier alpha value is -1.73. The molecule has 0 aromatic rings. The highest BCUT2D eigenvalue weighted by Crippen LogP contribution is 2.24. The summed E-state index contributed by atoms with van der Waals surface area (Å²) in [5, 5.41) is 0. The van der Waals surface area contributed by atoms with Gasteiger partial charge in [-0.05, 0) is 97.1 Å². The van der Waals surface area contributed by atoms with Crippen molar-refractivity contribution >= 4 is 5.97 Å². The zero-order valence-electron chi connectivity index (χ0n) is 34.8. The van der Waals surface area contributed by atoms with Crippen LogP contribution in [-0.4, -0.2) is 75.7 Å². The van der Waals surface area contributed by atoms with E-state index in [1.807, 2.05) is 0 Å². The Morgan fingerprint density at radius 1 is 0.623 bits per heavy atom. The number of rotatable bonds is 35. The molecule has 0 saturated carbocycles. The number of nitrogens with zero attached hydrogens (tertiary/aromatic N) is 1. The van der Waals surface area contributed by atoms with Crippen LogP contribution in [0.3, 0.4) is 0 Å². The molecule has 6 heteroatoms. The van der Waals surface area contributed by atoms with E-state index in [0.717, 1.165) is 51.8 Å². The predicted octanol–water partition coefficient (Wildman–Crippen LogP) is 12.3. The Labute approximate surface area is 327 Å². The number of ether oxygens (including phenoxy) is 4. The molecule has 0 aromatic heterocycles. The first-order chi connectivity index (χ1) is 26.2. The van der Waals surface area contributed by atoms with Crippen molar-refractivity contribution in [2.75, 3.05) is 46.6 Å². The Balaban J connectivity index is 1.57. The minimum Gasteiger partial charge on any atom is -0.463 e. The number of allylic oxidation sites excluding steroid dienone is 8. The van der Waals surface area contributed by atoms with E-state index in [-0.39, 0.29) is 36.8 Å². The highest BCUT2D eigenvalue weighted by atomic mass is 16.6. The third-order valence-corrected chi connectivity index (χ3v) is 10.7. The van der Waals surface area contributed by atoms with Gasteiger partial charge in [0, 0.05) is 19.8 Å². The highest BCUT2D eigenvalue weighted by molar-refractivity contribution is 5.73. The van der Waals surface area contributed by atoms with E-state index in [0.29, 0.717) is 13.2 Å². The monoisotopic (exact) mass is 742 g/mol. The van der Waals surface area contributed by atoms with Crippen LogP contribution < -0.4 is 0 Å². The van der Waals surface area contributed by atoms with Crippen LogP contribution >= 0.6 is 0 Å². The van der Waals surface area contributed by atoms with E-state index in [1.54, 1.807) is 0 Å². The molecular weight excluding hydrogens is 659 g/mol. The van der Waals surface area contributed by atoms with Crippen molar-refractivity contribution in [2.45, 2.75) is 193 Å². The quantitative estimate of drug-likeness (QED) is 0.0366. The van der Waals surface area contributed by atoms with Gasteiger partial charge in [0.2, 0.25) is 0 Å². The highest BCUT2D eigenvalue weighted by Gasteiger charge is 2.40. The van der Waals surface area contributed by atoms with Gasteiger partial charge < -0.3 is 23.8 Å². The number of hydrogen-bond donors (Lipinski definition) is 0. The molecule has 306 valence electrons. The molecule has 2 heterocycles. The second-order valence-electron chi connectivity index (χ2n) is 15.7. The third-order valence-electron chi connectivity index (χ3n) is 10.7. The molecule has 53 heavy (non-hydrogen) atoms. The average molecular weight is 742 g/mol. The van der Waals surface area contributed by atoms with E-state index in [4.69, 9.17) is 18.9 Å². The van der Waals surface area contributed by atoms with Crippen LogP contribution in [0.1, 0.15) is 174 Å². The summed E-state index contributed by atoms with van der Waals surface area (Å²) in [7, 11) is 2.06. The Kier molecular flexibility index (Phi) is 31.1. The lowest BCUT2D eigenvalue weighted by atomic mass is 10.1. The van der Waals surface area contributed by atoms with E-state index in [9.17, 15) is 4.79 Å². The molecule has 0 spiro atoms. The lowest BCUT2D eigenvalue weighted by molar-refractivity contribution is -0.154. The van der Waals surface area contributed by atoms with Crippen molar-refractivity contribution in [3.63, 3.8) is 0 Å². The lowest BCUT2D eigenvalue weighted by Gasteiger charge is -2.24. The fourth-order valence-corrected chi connectivity index (χ4v) is 7.19. The van der Waals surface area contributed by atoms with E-state index in [2.05, 4.69) is 74.4 Å². The molecule has 0 bridgehead atoms. The SMILES string of the molecule is CCCCC/C=C\C/C=C\CCCCCCCCOC1CO[C@H](COC(=O)C2CCN(C)C2)C1OCCCCCCCC/C=C\C/C=C\CCCCC. The van der Waals surface area contributed by atoms with E-state index < -0.39 is 0 Å². The van der Waals surface area contributed by atoms with Gasteiger partial charge >= 0.3 is 5.97 Å². The Bertz CT molecular complexity index is 961. The summed E-state index contributed by atoms with van der Waals surface area (Å²) in [5.74, 6) is -0.137. The number of carbonyl (C=O) groups excluding carboxylic acids is 1. The fraction of sp³-hybridized carbons (Fsp3) is 0.809. The van der Waals surface area contributed by atoms with Crippen LogP contribution in [0.15, 0.2) is 48.6 Å². The Morgan fingerprint density at radius 3 is 1.58 bits per heavy atom. The summed E-state index contributed by atoms with van der Waals surface area (Å²) >= 11 is 0. The molecule has 4 atom stereocenters. The van der Waals surface area contributed by atoms with Gasteiger partial charge in [-0.1, -0.05) is 140 Å². The summed E-state index contributed by atoms with van der Waals surface area (Å²) in [5.41, 5.74) is 0. The molecular formula is C47H83NO5. The van der Waals surface area contributed by atoms with Crippen molar-refractivity contribution < 1.29 is 23.7 Å². The maximum absolute atomic E-state index is 12.7. The number of likely N-dealkylation sites (tertiary alicyclic amines) is 1. The van der Waals surface area contributed by atoms with Crippen molar-refractivity contribution in [2.24, 2.45) is 5.92 Å². The standard InChI is InChI=1S/C47H83NO5/c1-4-6-8-10-12-14-16-18-20-22-24-26-28-30-32-34-38-50-44-41-52-45(42-53-47(49)43-36-37-48(3)40-43)46(44)51-39-35-33-31-29-27-25-23-21-19-17-15-13-11-9-7-5-2/h12-15,18-21,43-46H,4-11,16-17,22-42H2,1-3H3/b14-12-,15-13-,20-18-,21-19-/t43?,44?,45-,46?/m1/s1. The minimum absolute atomic E-state index is 0.0325. The molecule has 2 saturated heterocycles. The molecule has 0 N–H and O–H groups in total. The van der Waals surface area contributed by atoms with Crippen LogP contribution in [0.5, 0.6) is 0 Å². The summed E-state index contributed by atoms with van der Waals surface area (Å²) in [6, 6.07) is 0. The third kappa shape index (κ3) is 25.9. The second-order valence-corrected chi connectivity index (χ2v) is 15.7. The molecule has 0 radical (unpaired) electrons. The van der Waals surface area contributed by atoms with Gasteiger partial charge in [-0.15, -0.1) is 0 Å². The van der Waals surface area contributed by atoms with Crippen molar-refractivity contribution in [3.8, 4) is 0 Å². The summed E-state index contributed by atoms with van der Waals surface area (Å²) in [4.78, 5) is 14.9. The second kappa shape index (κ2) is 34.7. The van der Waals surface area contributed by atoms with Gasteiger partial charge in [0.15, 0.2) is 0 Å². The molecule has 3 unspecified atom stereocenters. The summed E-state index contributed by atoms with van der Waals surface area (Å²) in [6.45, 7) is 8.42. The zero-order valence-corrected chi connectivity index (χ0v) is 34.8. The molecule has 0 aliphatic carbocycles. The normalized spacial score (nSPS) is 21.1. The zero-order chi connectivity index (χ0) is 37.9. The molecule has 2 aliphatic rings. The van der Waals surface area contributed by atoms with Crippen LogP contribution in [0.4, 0.5) is 0 Å². The van der Waals surface area contributed by atoms with Crippen LogP contribution in [0.2, 0.25) is 0 Å². The topological polar surface area (TPSA) is 57.2 Å². The van der Waals surface area contributed by atoms with Crippen molar-refractivity contribution in [1.82, 2.24) is 4.90 Å². The summed E-state index contributed by atoms with van der Waals surface area (Å²) in [6.07, 6.45) is 48.6. The van der Waals surface area contributed by atoms with Crippen molar-refractivity contribution in [3.05, 3.63) is 48.6 Å². The van der Waals surface area contributed by atoms with Crippen LogP contribution in [0, 0.1) is 5.92 Å². The predicted molar refractivity (Wildman–Crippen MR) is 224 cm³/mol. The van der Waals surface area contributed by atoms with Gasteiger partial charge in [-0.25, -0.2) is 0 Å². The molecule has 2 rings (SSSR count). The molecule has 6 nitrogen and oxygen atoms in total.